The van der Waals surface area contributed by atoms with Crippen LogP contribution in [0.4, 0.5) is 4.39 Å². The Balaban J connectivity index is 2.18. The fourth-order valence-electron chi connectivity index (χ4n) is 2.65. The van der Waals surface area contributed by atoms with Gasteiger partial charge >= 0.3 is 0 Å². The molecule has 0 spiro atoms. The van der Waals surface area contributed by atoms with Gasteiger partial charge in [-0.05, 0) is 60.0 Å². The number of hydrogen-bond acceptors (Lipinski definition) is 2. The zero-order valence-electron chi connectivity index (χ0n) is 13.2. The van der Waals surface area contributed by atoms with E-state index < -0.39 is 0 Å². The number of aryl methyl sites for hydroxylation is 1. The Labute approximate surface area is 139 Å². The number of benzene rings is 2. The SMILES string of the molecule is Cc1ccccc1Cn1c(-c2ccc(F)cc2)ccc(C#N)c1=O. The maximum Gasteiger partial charge on any atom is 0.269 e. The van der Waals surface area contributed by atoms with E-state index in [0.717, 1.165) is 16.7 Å². The van der Waals surface area contributed by atoms with E-state index in [4.69, 9.17) is 5.26 Å². The molecule has 0 fully saturated rings. The van der Waals surface area contributed by atoms with E-state index in [1.165, 1.54) is 18.2 Å². The fraction of sp³-hybridized carbons (Fsp3) is 0.100. The summed E-state index contributed by atoms with van der Waals surface area (Å²) in [5.41, 5.74) is 3.20. The summed E-state index contributed by atoms with van der Waals surface area (Å²) in [7, 11) is 0. The standard InChI is InChI=1S/C20H15FN2O/c1-14-4-2-3-5-17(14)13-23-19(11-8-16(12-22)20(23)24)15-6-9-18(21)10-7-15/h2-11H,13H2,1H3. The molecular formula is C20H15FN2O. The highest BCUT2D eigenvalue weighted by Crippen LogP contribution is 2.20. The van der Waals surface area contributed by atoms with Crippen LogP contribution in [0.1, 0.15) is 16.7 Å². The molecule has 24 heavy (non-hydrogen) atoms. The Morgan fingerprint density at radius 1 is 1.04 bits per heavy atom. The number of rotatable bonds is 3. The molecule has 3 aromatic rings. The molecule has 0 aliphatic heterocycles. The van der Waals surface area contributed by atoms with Crippen LogP contribution in [0.15, 0.2) is 65.5 Å². The molecule has 3 nitrogen and oxygen atoms in total. The van der Waals surface area contributed by atoms with Gasteiger partial charge in [0, 0.05) is 0 Å². The normalized spacial score (nSPS) is 10.4. The van der Waals surface area contributed by atoms with Gasteiger partial charge in [-0.3, -0.25) is 4.79 Å². The molecule has 0 radical (unpaired) electrons. The molecule has 0 N–H and O–H groups in total. The van der Waals surface area contributed by atoms with Gasteiger partial charge in [0.2, 0.25) is 0 Å². The molecule has 3 rings (SSSR count). The molecule has 0 aliphatic rings. The number of pyridine rings is 1. The van der Waals surface area contributed by atoms with Gasteiger partial charge in [-0.15, -0.1) is 0 Å². The summed E-state index contributed by atoms with van der Waals surface area (Å²) in [5.74, 6) is -0.333. The first-order valence-electron chi connectivity index (χ1n) is 7.54. The summed E-state index contributed by atoms with van der Waals surface area (Å²) in [5, 5.41) is 9.15. The molecule has 0 atom stereocenters. The van der Waals surface area contributed by atoms with Crippen molar-refractivity contribution >= 4 is 0 Å². The highest BCUT2D eigenvalue weighted by Gasteiger charge is 2.12. The molecule has 4 heteroatoms. The maximum absolute atomic E-state index is 13.2. The lowest BCUT2D eigenvalue weighted by Gasteiger charge is -2.15. The van der Waals surface area contributed by atoms with E-state index in [0.29, 0.717) is 12.2 Å². The average molecular weight is 318 g/mol. The van der Waals surface area contributed by atoms with Crippen LogP contribution in [0.2, 0.25) is 0 Å². The number of nitriles is 1. The first-order chi connectivity index (χ1) is 11.6. The lowest BCUT2D eigenvalue weighted by atomic mass is 10.1. The van der Waals surface area contributed by atoms with E-state index in [1.54, 1.807) is 22.8 Å². The van der Waals surface area contributed by atoms with Crippen LogP contribution in [-0.4, -0.2) is 4.57 Å². The summed E-state index contributed by atoms with van der Waals surface area (Å²) in [6, 6.07) is 18.9. The second-order valence-electron chi connectivity index (χ2n) is 5.57. The lowest BCUT2D eigenvalue weighted by Crippen LogP contribution is -2.24. The van der Waals surface area contributed by atoms with Crippen LogP contribution >= 0.6 is 0 Å². The van der Waals surface area contributed by atoms with Crippen molar-refractivity contribution in [3.63, 3.8) is 0 Å². The van der Waals surface area contributed by atoms with Crippen molar-refractivity contribution in [1.82, 2.24) is 4.57 Å². The first kappa shape index (κ1) is 15.7. The largest absolute Gasteiger partial charge is 0.303 e. The topological polar surface area (TPSA) is 45.8 Å². The third-order valence-corrected chi connectivity index (χ3v) is 4.02. The minimum atomic E-state index is -0.345. The molecule has 1 aromatic heterocycles. The third kappa shape index (κ3) is 2.97. The molecule has 0 unspecified atom stereocenters. The zero-order chi connectivity index (χ0) is 17.1. The molecule has 2 aromatic carbocycles. The lowest BCUT2D eigenvalue weighted by molar-refractivity contribution is 0.628. The quantitative estimate of drug-likeness (QED) is 0.735. The monoisotopic (exact) mass is 318 g/mol. The van der Waals surface area contributed by atoms with Gasteiger partial charge in [0.05, 0.1) is 12.2 Å². The van der Waals surface area contributed by atoms with Crippen molar-refractivity contribution in [2.75, 3.05) is 0 Å². The van der Waals surface area contributed by atoms with Crippen molar-refractivity contribution in [1.29, 1.82) is 5.26 Å². The van der Waals surface area contributed by atoms with Gasteiger partial charge in [-0.2, -0.15) is 5.26 Å². The van der Waals surface area contributed by atoms with Crippen LogP contribution in [0.25, 0.3) is 11.3 Å². The predicted octanol–water partition coefficient (Wildman–Crippen LogP) is 3.88. The second-order valence-corrected chi connectivity index (χ2v) is 5.57. The molecule has 1 heterocycles. The van der Waals surface area contributed by atoms with Gasteiger partial charge in [0.1, 0.15) is 17.4 Å². The molecule has 0 amide bonds. The van der Waals surface area contributed by atoms with Crippen LogP contribution in [0.5, 0.6) is 0 Å². The number of hydrogen-bond donors (Lipinski definition) is 0. The Hall–Kier alpha value is -3.19. The molecule has 0 saturated heterocycles. The first-order valence-corrected chi connectivity index (χ1v) is 7.54. The predicted molar refractivity (Wildman–Crippen MR) is 91.1 cm³/mol. The van der Waals surface area contributed by atoms with Gasteiger partial charge in [-0.25, -0.2) is 4.39 Å². The van der Waals surface area contributed by atoms with Gasteiger partial charge in [-0.1, -0.05) is 24.3 Å². The number of halogens is 1. The third-order valence-electron chi connectivity index (χ3n) is 4.02. The van der Waals surface area contributed by atoms with Crippen molar-refractivity contribution in [3.8, 4) is 17.3 Å². The Morgan fingerprint density at radius 3 is 2.42 bits per heavy atom. The number of nitrogens with zero attached hydrogens (tertiary/aromatic N) is 2. The highest BCUT2D eigenvalue weighted by molar-refractivity contribution is 5.60. The fourth-order valence-corrected chi connectivity index (χ4v) is 2.65. The van der Waals surface area contributed by atoms with E-state index in [2.05, 4.69) is 0 Å². The molecule has 118 valence electrons. The van der Waals surface area contributed by atoms with E-state index in [9.17, 15) is 9.18 Å². The molecular weight excluding hydrogens is 303 g/mol. The minimum Gasteiger partial charge on any atom is -0.303 e. The smallest absolute Gasteiger partial charge is 0.269 e. The van der Waals surface area contributed by atoms with Crippen LogP contribution in [-0.2, 0) is 6.54 Å². The van der Waals surface area contributed by atoms with Crippen LogP contribution in [0, 0.1) is 24.1 Å². The zero-order valence-corrected chi connectivity index (χ0v) is 13.2. The van der Waals surface area contributed by atoms with E-state index in [-0.39, 0.29) is 16.9 Å². The average Bonchev–Trinajstić information content (AvgIpc) is 2.59. The Kier molecular flexibility index (Phi) is 4.26. The van der Waals surface area contributed by atoms with Gasteiger partial charge in [0.15, 0.2) is 0 Å². The van der Waals surface area contributed by atoms with Crippen LogP contribution in [0.3, 0.4) is 0 Å². The Morgan fingerprint density at radius 2 is 1.75 bits per heavy atom. The van der Waals surface area contributed by atoms with E-state index >= 15 is 0 Å². The van der Waals surface area contributed by atoms with Gasteiger partial charge in [0.25, 0.3) is 5.56 Å². The summed E-state index contributed by atoms with van der Waals surface area (Å²) in [4.78, 5) is 12.6. The minimum absolute atomic E-state index is 0.0921. The van der Waals surface area contributed by atoms with Crippen LogP contribution < -0.4 is 5.56 Å². The molecule has 0 aliphatic carbocycles. The van der Waals surface area contributed by atoms with Crippen molar-refractivity contribution in [3.05, 3.63) is 93.5 Å². The van der Waals surface area contributed by atoms with E-state index in [1.807, 2.05) is 37.3 Å². The molecule has 0 saturated carbocycles. The summed E-state index contributed by atoms with van der Waals surface area (Å²) >= 11 is 0. The maximum atomic E-state index is 13.2. The Bertz CT molecular complexity index is 982. The second kappa shape index (κ2) is 6.51. The summed E-state index contributed by atoms with van der Waals surface area (Å²) < 4.78 is 14.8. The summed E-state index contributed by atoms with van der Waals surface area (Å²) in [6.07, 6.45) is 0. The van der Waals surface area contributed by atoms with Crippen molar-refractivity contribution in [2.24, 2.45) is 0 Å². The number of aromatic nitrogens is 1. The van der Waals surface area contributed by atoms with Gasteiger partial charge < -0.3 is 4.57 Å². The summed E-state index contributed by atoms with van der Waals surface area (Å²) in [6.45, 7) is 2.33. The van der Waals surface area contributed by atoms with Crippen molar-refractivity contribution < 1.29 is 4.39 Å². The highest BCUT2D eigenvalue weighted by atomic mass is 19.1. The van der Waals surface area contributed by atoms with Crippen molar-refractivity contribution in [2.45, 2.75) is 13.5 Å². The molecule has 0 bridgehead atoms.